The van der Waals surface area contributed by atoms with Crippen molar-refractivity contribution in [2.24, 2.45) is 11.7 Å². The predicted molar refractivity (Wildman–Crippen MR) is 73.7 cm³/mol. The molecular weight excluding hydrogens is 208 g/mol. The number of rotatable bonds is 3. The van der Waals surface area contributed by atoms with E-state index in [1.165, 1.54) is 5.57 Å². The molecular formula is C15H24N2. The maximum absolute atomic E-state index is 6.24. The highest BCUT2D eigenvalue weighted by atomic mass is 15.0. The van der Waals surface area contributed by atoms with Crippen LogP contribution in [0.5, 0.6) is 0 Å². The molecule has 0 saturated carbocycles. The molecule has 2 heteroatoms. The summed E-state index contributed by atoms with van der Waals surface area (Å²) in [4.78, 5) is 0. The summed E-state index contributed by atoms with van der Waals surface area (Å²) in [6.07, 6.45) is 13.1. The average molecular weight is 232 g/mol. The zero-order chi connectivity index (χ0) is 12.5. The molecule has 0 bridgehead atoms. The first-order chi connectivity index (χ1) is 8.03. The molecule has 0 saturated heterocycles. The van der Waals surface area contributed by atoms with Crippen LogP contribution in [-0.2, 0) is 0 Å². The van der Waals surface area contributed by atoms with E-state index >= 15 is 0 Å². The molecule has 0 fully saturated rings. The van der Waals surface area contributed by atoms with Gasteiger partial charge in [-0.25, -0.2) is 0 Å². The second-order valence-electron chi connectivity index (χ2n) is 5.78. The minimum Gasteiger partial charge on any atom is -0.324 e. The lowest BCUT2D eigenvalue weighted by atomic mass is 9.76. The summed E-state index contributed by atoms with van der Waals surface area (Å²) >= 11 is 0. The number of allylic oxidation sites excluding steroid dienone is 3. The van der Waals surface area contributed by atoms with Gasteiger partial charge < -0.3 is 11.1 Å². The van der Waals surface area contributed by atoms with Crippen molar-refractivity contribution >= 4 is 0 Å². The fourth-order valence-corrected chi connectivity index (χ4v) is 2.67. The molecule has 3 N–H and O–H groups in total. The maximum atomic E-state index is 6.24. The summed E-state index contributed by atoms with van der Waals surface area (Å²) in [6.45, 7) is 6.75. The second kappa shape index (κ2) is 4.79. The molecule has 0 heterocycles. The van der Waals surface area contributed by atoms with Gasteiger partial charge in [0, 0.05) is 23.5 Å². The molecule has 0 aromatic carbocycles. The maximum Gasteiger partial charge on any atom is 0.0311 e. The van der Waals surface area contributed by atoms with E-state index in [-0.39, 0.29) is 11.6 Å². The monoisotopic (exact) mass is 232 g/mol. The van der Waals surface area contributed by atoms with Crippen LogP contribution >= 0.6 is 0 Å². The third kappa shape index (κ3) is 2.70. The van der Waals surface area contributed by atoms with Gasteiger partial charge >= 0.3 is 0 Å². The third-order valence-electron chi connectivity index (χ3n) is 4.02. The third-order valence-corrected chi connectivity index (χ3v) is 4.02. The van der Waals surface area contributed by atoms with Crippen molar-refractivity contribution in [1.29, 1.82) is 0 Å². The second-order valence-corrected chi connectivity index (χ2v) is 5.78. The molecule has 94 valence electrons. The van der Waals surface area contributed by atoms with Crippen LogP contribution in [0.4, 0.5) is 0 Å². The Kier molecular flexibility index (Phi) is 3.55. The largest absolute Gasteiger partial charge is 0.324 e. The van der Waals surface area contributed by atoms with Gasteiger partial charge in [0.1, 0.15) is 0 Å². The first kappa shape index (κ1) is 12.6. The highest BCUT2D eigenvalue weighted by Gasteiger charge is 2.33. The summed E-state index contributed by atoms with van der Waals surface area (Å²) in [6, 6.07) is 0.603. The summed E-state index contributed by atoms with van der Waals surface area (Å²) in [5, 5.41) is 3.77. The number of nitrogens with one attached hydrogen (secondary N) is 1. The van der Waals surface area contributed by atoms with Crippen LogP contribution in [0.2, 0.25) is 0 Å². The molecule has 2 nitrogen and oxygen atoms in total. The molecule has 17 heavy (non-hydrogen) atoms. The Balaban J connectivity index is 2.17. The first-order valence-electron chi connectivity index (χ1n) is 6.62. The van der Waals surface area contributed by atoms with E-state index < -0.39 is 0 Å². The lowest BCUT2D eigenvalue weighted by Gasteiger charge is -2.40. The van der Waals surface area contributed by atoms with Gasteiger partial charge in [-0.05, 0) is 32.3 Å². The molecule has 2 aliphatic carbocycles. The van der Waals surface area contributed by atoms with E-state index in [1.54, 1.807) is 0 Å². The Morgan fingerprint density at radius 2 is 2.24 bits per heavy atom. The van der Waals surface area contributed by atoms with Gasteiger partial charge in [-0.2, -0.15) is 0 Å². The summed E-state index contributed by atoms with van der Waals surface area (Å²) < 4.78 is 0. The molecule has 0 radical (unpaired) electrons. The Morgan fingerprint density at radius 3 is 2.94 bits per heavy atom. The van der Waals surface area contributed by atoms with Gasteiger partial charge in [0.05, 0.1) is 0 Å². The van der Waals surface area contributed by atoms with Crippen molar-refractivity contribution in [3.63, 3.8) is 0 Å². The number of fused-ring (bicyclic) bond motifs is 1. The van der Waals surface area contributed by atoms with Gasteiger partial charge in [0.15, 0.2) is 0 Å². The van der Waals surface area contributed by atoms with Crippen LogP contribution in [0.15, 0.2) is 36.0 Å². The van der Waals surface area contributed by atoms with Crippen LogP contribution < -0.4 is 11.1 Å². The molecule has 0 aliphatic heterocycles. The van der Waals surface area contributed by atoms with Crippen LogP contribution in [0.25, 0.3) is 0 Å². The molecule has 2 rings (SSSR count). The van der Waals surface area contributed by atoms with E-state index in [4.69, 9.17) is 5.73 Å². The molecule has 0 amide bonds. The van der Waals surface area contributed by atoms with Crippen LogP contribution in [0, 0.1) is 5.92 Å². The van der Waals surface area contributed by atoms with Crippen molar-refractivity contribution in [3.8, 4) is 0 Å². The van der Waals surface area contributed by atoms with Crippen molar-refractivity contribution in [3.05, 3.63) is 36.0 Å². The molecule has 0 aromatic heterocycles. The van der Waals surface area contributed by atoms with Crippen LogP contribution in [-0.4, -0.2) is 17.6 Å². The summed E-state index contributed by atoms with van der Waals surface area (Å²) in [5.41, 5.74) is 7.79. The zero-order valence-electron chi connectivity index (χ0n) is 11.1. The summed E-state index contributed by atoms with van der Waals surface area (Å²) in [5.74, 6) is 0.427. The normalized spacial score (nSPS) is 32.2. The Bertz CT molecular complexity index is 363. The molecule has 0 spiro atoms. The molecule has 3 unspecified atom stereocenters. The minimum atomic E-state index is 0.144. The lowest BCUT2D eigenvalue weighted by molar-refractivity contribution is 0.265. The van der Waals surface area contributed by atoms with Gasteiger partial charge in [0.25, 0.3) is 0 Å². The zero-order valence-corrected chi connectivity index (χ0v) is 11.1. The van der Waals surface area contributed by atoms with E-state index in [1.807, 2.05) is 0 Å². The summed E-state index contributed by atoms with van der Waals surface area (Å²) in [7, 11) is 0. The lowest BCUT2D eigenvalue weighted by Crippen LogP contribution is -2.53. The van der Waals surface area contributed by atoms with Crippen molar-refractivity contribution in [1.82, 2.24) is 5.32 Å². The average Bonchev–Trinajstić information content (AvgIpc) is 2.29. The number of hydrogen-bond donors (Lipinski definition) is 2. The Morgan fingerprint density at radius 1 is 1.47 bits per heavy atom. The van der Waals surface area contributed by atoms with Gasteiger partial charge in [-0.15, -0.1) is 0 Å². The smallest absolute Gasteiger partial charge is 0.0311 e. The van der Waals surface area contributed by atoms with Crippen molar-refractivity contribution in [2.75, 3.05) is 0 Å². The fourth-order valence-electron chi connectivity index (χ4n) is 2.67. The minimum absolute atomic E-state index is 0.144. The van der Waals surface area contributed by atoms with Crippen molar-refractivity contribution < 1.29 is 0 Å². The fraction of sp³-hybridized carbons (Fsp3) is 0.600. The standard InChI is InChI=1S/C15H24N2/c1-4-15(2,3)17-13-10-6-8-11-7-5-9-12(16)14(11)13/h5-9,12-14,17H,4,10,16H2,1-3H3. The Hall–Kier alpha value is -0.860. The Labute approximate surface area is 105 Å². The van der Waals surface area contributed by atoms with E-state index in [9.17, 15) is 0 Å². The SMILES string of the molecule is CCC(C)(C)NC1CC=CC2=CC=CC(N)C21. The highest BCUT2D eigenvalue weighted by molar-refractivity contribution is 5.37. The number of nitrogens with two attached hydrogens (primary N) is 1. The number of hydrogen-bond acceptors (Lipinski definition) is 2. The van der Waals surface area contributed by atoms with Crippen LogP contribution in [0.1, 0.15) is 33.6 Å². The first-order valence-corrected chi connectivity index (χ1v) is 6.62. The van der Waals surface area contributed by atoms with Crippen LogP contribution in [0.3, 0.4) is 0 Å². The molecule has 2 aliphatic rings. The predicted octanol–water partition coefficient (Wildman–Crippen LogP) is 2.53. The van der Waals surface area contributed by atoms with Gasteiger partial charge in [0.2, 0.25) is 0 Å². The van der Waals surface area contributed by atoms with Gasteiger partial charge in [-0.1, -0.05) is 37.3 Å². The quantitative estimate of drug-likeness (QED) is 0.784. The van der Waals surface area contributed by atoms with E-state index in [0.717, 1.165) is 12.8 Å². The molecule has 3 atom stereocenters. The van der Waals surface area contributed by atoms with Crippen molar-refractivity contribution in [2.45, 2.75) is 51.2 Å². The van der Waals surface area contributed by atoms with Gasteiger partial charge in [-0.3, -0.25) is 0 Å². The van der Waals surface area contributed by atoms with E-state index in [2.05, 4.69) is 56.5 Å². The molecule has 0 aromatic rings. The topological polar surface area (TPSA) is 38.0 Å². The highest BCUT2D eigenvalue weighted by Crippen LogP contribution is 2.31. The van der Waals surface area contributed by atoms with E-state index in [0.29, 0.717) is 12.0 Å².